The molecule has 5 nitrogen and oxygen atoms in total. The third kappa shape index (κ3) is 4.30. The van der Waals surface area contributed by atoms with Crippen LogP contribution in [0.15, 0.2) is 24.3 Å². The molecule has 1 aromatic carbocycles. The van der Waals surface area contributed by atoms with E-state index in [0.29, 0.717) is 6.54 Å². The second-order valence-electron chi connectivity index (χ2n) is 5.44. The number of alkyl halides is 2. The Morgan fingerprint density at radius 2 is 2.18 bits per heavy atom. The van der Waals surface area contributed by atoms with Crippen molar-refractivity contribution in [1.29, 1.82) is 0 Å². The van der Waals surface area contributed by atoms with Gasteiger partial charge in [0, 0.05) is 19.5 Å². The number of nitrogens with zero attached hydrogens (tertiary/aromatic N) is 1. The van der Waals surface area contributed by atoms with Crippen LogP contribution in [0.2, 0.25) is 0 Å². The molecule has 2 N–H and O–H groups in total. The first-order valence-corrected chi connectivity index (χ1v) is 7.21. The van der Waals surface area contributed by atoms with Crippen LogP contribution in [-0.4, -0.2) is 42.3 Å². The zero-order valence-corrected chi connectivity index (χ0v) is 12.3. The highest BCUT2D eigenvalue weighted by atomic mass is 19.3. The molecule has 0 saturated heterocycles. The maximum Gasteiger partial charge on any atom is 0.387 e. The lowest BCUT2D eigenvalue weighted by atomic mass is 10.1. The number of aliphatic hydroxyl groups excluding tert-OH is 1. The average Bonchev–Trinajstić information content (AvgIpc) is 2.85. The summed E-state index contributed by atoms with van der Waals surface area (Å²) in [7, 11) is 1.61. The molecular formula is C15H20F2N2O3. The van der Waals surface area contributed by atoms with Crippen molar-refractivity contribution in [3.63, 3.8) is 0 Å². The van der Waals surface area contributed by atoms with Crippen LogP contribution in [-0.2, 0) is 0 Å². The maximum absolute atomic E-state index is 12.3. The molecule has 1 aliphatic rings. The molecule has 1 saturated carbocycles. The van der Waals surface area contributed by atoms with Gasteiger partial charge in [0.05, 0.1) is 11.8 Å². The first-order chi connectivity index (χ1) is 10.5. The second-order valence-corrected chi connectivity index (χ2v) is 5.44. The van der Waals surface area contributed by atoms with Crippen molar-refractivity contribution < 1.29 is 23.4 Å². The number of benzene rings is 1. The van der Waals surface area contributed by atoms with Gasteiger partial charge in [0.1, 0.15) is 5.75 Å². The van der Waals surface area contributed by atoms with Gasteiger partial charge >= 0.3 is 12.6 Å². The van der Waals surface area contributed by atoms with E-state index in [1.54, 1.807) is 19.2 Å². The molecule has 0 heterocycles. The molecule has 2 amide bonds. The number of carbonyl (C=O) groups excluding carboxylic acids is 1. The van der Waals surface area contributed by atoms with Gasteiger partial charge in [-0.25, -0.2) is 4.79 Å². The molecule has 0 bridgehead atoms. The third-order valence-electron chi connectivity index (χ3n) is 3.82. The summed E-state index contributed by atoms with van der Waals surface area (Å²) in [6.07, 6.45) is 2.20. The van der Waals surface area contributed by atoms with Crippen LogP contribution in [0.1, 0.15) is 19.3 Å². The molecule has 2 unspecified atom stereocenters. The molecule has 122 valence electrons. The lowest BCUT2D eigenvalue weighted by Crippen LogP contribution is -2.37. The highest BCUT2D eigenvalue weighted by molar-refractivity contribution is 5.90. The molecule has 7 heteroatoms. The number of aliphatic hydroxyl groups is 1. The normalized spacial score (nSPS) is 21.0. The Bertz CT molecular complexity index is 513. The van der Waals surface area contributed by atoms with Crippen LogP contribution in [0.5, 0.6) is 5.75 Å². The number of rotatable bonds is 5. The topological polar surface area (TPSA) is 61.8 Å². The van der Waals surface area contributed by atoms with Gasteiger partial charge in [-0.05, 0) is 25.0 Å². The first-order valence-electron chi connectivity index (χ1n) is 7.21. The smallest absolute Gasteiger partial charge is 0.387 e. The van der Waals surface area contributed by atoms with Crippen molar-refractivity contribution >= 4 is 11.7 Å². The highest BCUT2D eigenvalue weighted by Crippen LogP contribution is 2.27. The van der Waals surface area contributed by atoms with Crippen LogP contribution < -0.4 is 10.1 Å². The molecule has 0 aliphatic heterocycles. The second kappa shape index (κ2) is 7.40. The number of urea groups is 1. The van der Waals surface area contributed by atoms with Gasteiger partial charge in [-0.2, -0.15) is 8.78 Å². The van der Waals surface area contributed by atoms with Gasteiger partial charge in [-0.15, -0.1) is 0 Å². The van der Waals surface area contributed by atoms with Crippen molar-refractivity contribution in [1.82, 2.24) is 4.90 Å². The zero-order chi connectivity index (χ0) is 16.1. The predicted octanol–water partition coefficient (Wildman–Crippen LogP) is 2.91. The Labute approximate surface area is 127 Å². The fraction of sp³-hybridized carbons (Fsp3) is 0.533. The zero-order valence-electron chi connectivity index (χ0n) is 12.3. The van der Waals surface area contributed by atoms with E-state index in [0.717, 1.165) is 19.3 Å². The van der Waals surface area contributed by atoms with Gasteiger partial charge in [-0.1, -0.05) is 18.6 Å². The average molecular weight is 314 g/mol. The molecule has 1 aliphatic carbocycles. The molecule has 0 radical (unpaired) electrons. The molecule has 0 spiro atoms. The van der Waals surface area contributed by atoms with E-state index in [1.165, 1.54) is 17.0 Å². The van der Waals surface area contributed by atoms with E-state index < -0.39 is 12.6 Å². The van der Waals surface area contributed by atoms with Crippen LogP contribution in [0.25, 0.3) is 0 Å². The number of hydrogen-bond acceptors (Lipinski definition) is 3. The number of amides is 2. The number of anilines is 1. The number of hydrogen-bond donors (Lipinski definition) is 2. The van der Waals surface area contributed by atoms with E-state index in [-0.39, 0.29) is 23.5 Å². The third-order valence-corrected chi connectivity index (χ3v) is 3.82. The summed E-state index contributed by atoms with van der Waals surface area (Å²) in [5.41, 5.74) is 0.187. The van der Waals surface area contributed by atoms with Gasteiger partial charge in [0.15, 0.2) is 0 Å². The summed E-state index contributed by atoms with van der Waals surface area (Å²) in [4.78, 5) is 13.6. The monoisotopic (exact) mass is 314 g/mol. The molecule has 22 heavy (non-hydrogen) atoms. The molecular weight excluding hydrogens is 294 g/mol. The van der Waals surface area contributed by atoms with Gasteiger partial charge < -0.3 is 20.1 Å². The molecule has 1 fully saturated rings. The number of nitrogens with one attached hydrogen (secondary N) is 1. The van der Waals surface area contributed by atoms with Gasteiger partial charge in [0.25, 0.3) is 0 Å². The van der Waals surface area contributed by atoms with E-state index in [2.05, 4.69) is 10.1 Å². The van der Waals surface area contributed by atoms with Crippen LogP contribution in [0, 0.1) is 5.92 Å². The minimum absolute atomic E-state index is 0.0586. The van der Waals surface area contributed by atoms with Crippen molar-refractivity contribution in [2.45, 2.75) is 32.0 Å². The number of para-hydroxylation sites is 2. The number of carbonyl (C=O) groups is 1. The standard InChI is InChI=1S/C15H20F2N2O3/c1-19(9-10-5-4-7-12(10)20)15(21)18-11-6-2-3-8-13(11)22-14(16)17/h2-3,6,8,10,12,14,20H,4-5,7,9H2,1H3,(H,18,21). The molecule has 2 rings (SSSR count). The van der Waals surface area contributed by atoms with Crippen molar-refractivity contribution in [2.75, 3.05) is 18.9 Å². The van der Waals surface area contributed by atoms with E-state index in [9.17, 15) is 18.7 Å². The van der Waals surface area contributed by atoms with Crippen LogP contribution in [0.4, 0.5) is 19.3 Å². The summed E-state index contributed by atoms with van der Waals surface area (Å²) in [5.74, 6) is -0.0246. The van der Waals surface area contributed by atoms with Crippen molar-refractivity contribution in [2.24, 2.45) is 5.92 Å². The molecule has 2 atom stereocenters. The Morgan fingerprint density at radius 3 is 2.82 bits per heavy atom. The number of ether oxygens (including phenoxy) is 1. The molecule has 0 aromatic heterocycles. The minimum Gasteiger partial charge on any atom is -0.433 e. The Balaban J connectivity index is 1.96. The van der Waals surface area contributed by atoms with E-state index >= 15 is 0 Å². The largest absolute Gasteiger partial charge is 0.433 e. The van der Waals surface area contributed by atoms with Crippen LogP contribution in [0.3, 0.4) is 0 Å². The van der Waals surface area contributed by atoms with Gasteiger partial charge in [-0.3, -0.25) is 0 Å². The van der Waals surface area contributed by atoms with E-state index in [4.69, 9.17) is 0 Å². The summed E-state index contributed by atoms with van der Waals surface area (Å²) in [6, 6.07) is 5.60. The number of halogens is 2. The Hall–Kier alpha value is -1.89. The maximum atomic E-state index is 12.3. The summed E-state index contributed by atoms with van der Waals surface area (Å²) in [5, 5.41) is 12.3. The fourth-order valence-corrected chi connectivity index (χ4v) is 2.64. The fourth-order valence-electron chi connectivity index (χ4n) is 2.64. The predicted molar refractivity (Wildman–Crippen MR) is 78.1 cm³/mol. The molecule has 1 aromatic rings. The Morgan fingerprint density at radius 1 is 1.45 bits per heavy atom. The SMILES string of the molecule is CN(CC1CCCC1O)C(=O)Nc1ccccc1OC(F)F. The summed E-state index contributed by atoms with van der Waals surface area (Å²) in [6.45, 7) is -2.53. The highest BCUT2D eigenvalue weighted by Gasteiger charge is 2.27. The minimum atomic E-state index is -2.95. The quantitative estimate of drug-likeness (QED) is 0.878. The summed E-state index contributed by atoms with van der Waals surface area (Å²) >= 11 is 0. The van der Waals surface area contributed by atoms with Crippen LogP contribution >= 0.6 is 0 Å². The van der Waals surface area contributed by atoms with Gasteiger partial charge in [0.2, 0.25) is 0 Å². The first kappa shape index (κ1) is 16.5. The van der Waals surface area contributed by atoms with Crippen molar-refractivity contribution in [3.05, 3.63) is 24.3 Å². The lowest BCUT2D eigenvalue weighted by Gasteiger charge is -2.24. The van der Waals surface area contributed by atoms with E-state index in [1.807, 2.05) is 0 Å². The lowest BCUT2D eigenvalue weighted by molar-refractivity contribution is -0.0493. The Kier molecular flexibility index (Phi) is 5.54. The van der Waals surface area contributed by atoms with Crippen molar-refractivity contribution in [3.8, 4) is 5.75 Å². The summed E-state index contributed by atoms with van der Waals surface area (Å²) < 4.78 is 29.0.